The van der Waals surface area contributed by atoms with Gasteiger partial charge < -0.3 is 14.0 Å². The van der Waals surface area contributed by atoms with Gasteiger partial charge in [-0.3, -0.25) is 0 Å². The first-order valence-corrected chi connectivity index (χ1v) is 6.98. The van der Waals surface area contributed by atoms with Gasteiger partial charge in [0.2, 0.25) is 10.0 Å². The van der Waals surface area contributed by atoms with E-state index in [0.29, 0.717) is 19.8 Å². The first-order valence-electron chi connectivity index (χ1n) is 5.43. The van der Waals surface area contributed by atoms with Crippen LogP contribution in [-0.4, -0.2) is 38.3 Å². The van der Waals surface area contributed by atoms with Crippen molar-refractivity contribution >= 4 is 16.0 Å². The second-order valence-corrected chi connectivity index (χ2v) is 5.52. The number of primary sulfonamides is 1. The van der Waals surface area contributed by atoms with Crippen LogP contribution in [-0.2, 0) is 26.0 Å². The van der Waals surface area contributed by atoms with E-state index >= 15 is 0 Å². The minimum Gasteiger partial charge on any atom is -0.453 e. The number of hydrogen-bond acceptors (Lipinski definition) is 5. The van der Waals surface area contributed by atoms with Gasteiger partial charge in [0.25, 0.3) is 0 Å². The summed E-state index contributed by atoms with van der Waals surface area (Å²) in [6.07, 6.45) is 1.07. The van der Waals surface area contributed by atoms with Crippen LogP contribution in [0.5, 0.6) is 0 Å². The molecule has 2 N–H and O–H groups in total. The third kappa shape index (κ3) is 2.55. The molecular weight excluding hydrogens is 260 g/mol. The lowest BCUT2D eigenvalue weighted by atomic mass is 10.3. The minimum absolute atomic E-state index is 0.0961. The molecule has 8 heteroatoms. The average molecular weight is 274 g/mol. The van der Waals surface area contributed by atoms with Gasteiger partial charge >= 0.3 is 5.97 Å². The van der Waals surface area contributed by atoms with Crippen LogP contribution in [0.3, 0.4) is 0 Å². The van der Waals surface area contributed by atoms with E-state index in [2.05, 4.69) is 0 Å². The van der Waals surface area contributed by atoms with Gasteiger partial charge in [-0.05, 0) is 13.0 Å². The molecule has 1 fully saturated rings. The molecule has 0 radical (unpaired) electrons. The molecule has 0 amide bonds. The zero-order chi connectivity index (χ0) is 13.3. The number of carbonyl (C=O) groups excluding carboxylic acids is 1. The molecule has 0 bridgehead atoms. The predicted octanol–water partition coefficient (Wildman–Crippen LogP) is -0.289. The normalized spacial score (nSPS) is 16.3. The van der Waals surface area contributed by atoms with E-state index in [1.165, 1.54) is 16.8 Å². The maximum Gasteiger partial charge on any atom is 0.355 e. The first kappa shape index (κ1) is 13.1. The van der Waals surface area contributed by atoms with E-state index in [9.17, 15) is 13.2 Å². The third-order valence-electron chi connectivity index (χ3n) is 2.63. The number of aryl methyl sites for hydroxylation is 1. The Morgan fingerprint density at radius 3 is 2.72 bits per heavy atom. The van der Waals surface area contributed by atoms with Crippen molar-refractivity contribution in [2.24, 2.45) is 5.14 Å². The quantitative estimate of drug-likeness (QED) is 0.760. The van der Waals surface area contributed by atoms with Gasteiger partial charge in [-0.1, -0.05) is 0 Å². The van der Waals surface area contributed by atoms with Crippen molar-refractivity contribution in [1.29, 1.82) is 0 Å². The number of esters is 1. The van der Waals surface area contributed by atoms with Crippen LogP contribution in [0, 0.1) is 0 Å². The Balaban J connectivity index is 2.25. The summed E-state index contributed by atoms with van der Waals surface area (Å²) < 4.78 is 33.9. The standard InChI is InChI=1S/C10H14N2O5S/c1-2-12-4-8(18(11,14)15)3-9(12)10(13)17-7-5-16-6-7/h3-4,7H,2,5-6H2,1H3,(H2,11,14,15). The van der Waals surface area contributed by atoms with Crippen LogP contribution in [0.15, 0.2) is 17.2 Å². The van der Waals surface area contributed by atoms with Gasteiger partial charge in [-0.25, -0.2) is 18.4 Å². The Morgan fingerprint density at radius 2 is 2.28 bits per heavy atom. The molecule has 1 aliphatic rings. The number of nitrogens with zero attached hydrogens (tertiary/aromatic N) is 1. The molecule has 2 heterocycles. The molecule has 1 aromatic rings. The fourth-order valence-electron chi connectivity index (χ4n) is 1.57. The van der Waals surface area contributed by atoms with E-state index in [0.717, 1.165) is 0 Å². The second-order valence-electron chi connectivity index (χ2n) is 3.96. The summed E-state index contributed by atoms with van der Waals surface area (Å²) >= 11 is 0. The molecule has 1 aliphatic heterocycles. The highest BCUT2D eigenvalue weighted by atomic mass is 32.2. The monoisotopic (exact) mass is 274 g/mol. The number of nitrogens with two attached hydrogens (primary N) is 1. The topological polar surface area (TPSA) is 101 Å². The van der Waals surface area contributed by atoms with Crippen molar-refractivity contribution in [2.75, 3.05) is 13.2 Å². The fourth-order valence-corrected chi connectivity index (χ4v) is 2.12. The Bertz CT molecular complexity index is 559. The van der Waals surface area contributed by atoms with E-state index in [-0.39, 0.29) is 16.7 Å². The van der Waals surface area contributed by atoms with Crippen molar-refractivity contribution < 1.29 is 22.7 Å². The lowest BCUT2D eigenvalue weighted by molar-refractivity contribution is -0.103. The van der Waals surface area contributed by atoms with Crippen LogP contribution in [0.1, 0.15) is 17.4 Å². The highest BCUT2D eigenvalue weighted by molar-refractivity contribution is 7.89. The second kappa shape index (κ2) is 4.71. The average Bonchev–Trinajstić information content (AvgIpc) is 2.66. The lowest BCUT2D eigenvalue weighted by Gasteiger charge is -2.25. The summed E-state index contributed by atoms with van der Waals surface area (Å²) in [5, 5.41) is 5.02. The molecule has 1 aromatic heterocycles. The Morgan fingerprint density at radius 1 is 1.61 bits per heavy atom. The van der Waals surface area contributed by atoms with E-state index < -0.39 is 16.0 Å². The molecule has 0 saturated carbocycles. The van der Waals surface area contributed by atoms with Crippen molar-refractivity contribution in [3.05, 3.63) is 18.0 Å². The van der Waals surface area contributed by atoms with Crippen LogP contribution in [0.25, 0.3) is 0 Å². The molecule has 1 saturated heterocycles. The van der Waals surface area contributed by atoms with Gasteiger partial charge in [0.15, 0.2) is 0 Å². The summed E-state index contributed by atoms with van der Waals surface area (Å²) in [5.74, 6) is -0.569. The molecule has 100 valence electrons. The Labute approximate surface area is 105 Å². The molecule has 0 spiro atoms. The van der Waals surface area contributed by atoms with Gasteiger partial charge in [-0.15, -0.1) is 0 Å². The van der Waals surface area contributed by atoms with Crippen LogP contribution < -0.4 is 5.14 Å². The van der Waals surface area contributed by atoms with Gasteiger partial charge in [0, 0.05) is 12.7 Å². The minimum atomic E-state index is -3.82. The Hall–Kier alpha value is -1.38. The van der Waals surface area contributed by atoms with Crippen LogP contribution in [0.4, 0.5) is 0 Å². The zero-order valence-corrected chi connectivity index (χ0v) is 10.6. The van der Waals surface area contributed by atoms with Crippen molar-refractivity contribution in [1.82, 2.24) is 4.57 Å². The number of ether oxygens (including phenoxy) is 2. The maximum absolute atomic E-state index is 11.8. The largest absolute Gasteiger partial charge is 0.453 e. The van der Waals surface area contributed by atoms with Gasteiger partial charge in [-0.2, -0.15) is 0 Å². The molecule has 0 unspecified atom stereocenters. The number of rotatable bonds is 4. The van der Waals surface area contributed by atoms with Gasteiger partial charge in [0.05, 0.1) is 13.2 Å². The van der Waals surface area contributed by atoms with Crippen molar-refractivity contribution in [2.45, 2.75) is 24.5 Å². The highest BCUT2D eigenvalue weighted by Crippen LogP contribution is 2.16. The smallest absolute Gasteiger partial charge is 0.355 e. The summed E-state index contributed by atoms with van der Waals surface area (Å²) in [6, 6.07) is 1.22. The fraction of sp³-hybridized carbons (Fsp3) is 0.500. The van der Waals surface area contributed by atoms with Crippen LogP contribution in [0.2, 0.25) is 0 Å². The predicted molar refractivity (Wildman–Crippen MR) is 61.5 cm³/mol. The SMILES string of the molecule is CCn1cc(S(N)(=O)=O)cc1C(=O)OC1COC1. The van der Waals surface area contributed by atoms with E-state index in [1.54, 1.807) is 6.92 Å². The van der Waals surface area contributed by atoms with E-state index in [1.807, 2.05) is 0 Å². The molecule has 18 heavy (non-hydrogen) atoms. The van der Waals surface area contributed by atoms with E-state index in [4.69, 9.17) is 14.6 Å². The molecule has 0 atom stereocenters. The van der Waals surface area contributed by atoms with Crippen molar-refractivity contribution in [3.8, 4) is 0 Å². The molecule has 7 nitrogen and oxygen atoms in total. The first-order chi connectivity index (χ1) is 8.41. The number of carbonyl (C=O) groups is 1. The van der Waals surface area contributed by atoms with Crippen molar-refractivity contribution in [3.63, 3.8) is 0 Å². The molecule has 0 aromatic carbocycles. The number of hydrogen-bond donors (Lipinski definition) is 1. The Kier molecular flexibility index (Phi) is 3.42. The summed E-state index contributed by atoms with van der Waals surface area (Å²) in [5.41, 5.74) is 0.174. The third-order valence-corrected chi connectivity index (χ3v) is 3.51. The highest BCUT2D eigenvalue weighted by Gasteiger charge is 2.26. The summed E-state index contributed by atoms with van der Waals surface area (Å²) in [7, 11) is -3.82. The zero-order valence-electron chi connectivity index (χ0n) is 9.83. The lowest BCUT2D eigenvalue weighted by Crippen LogP contribution is -2.38. The number of sulfonamides is 1. The van der Waals surface area contributed by atoms with Crippen LogP contribution >= 0.6 is 0 Å². The maximum atomic E-state index is 11.8. The number of aromatic nitrogens is 1. The summed E-state index contributed by atoms with van der Waals surface area (Å²) in [6.45, 7) is 2.98. The molecule has 0 aliphatic carbocycles. The van der Waals surface area contributed by atoms with Gasteiger partial charge in [0.1, 0.15) is 16.7 Å². The molecular formula is C10H14N2O5S. The molecule has 2 rings (SSSR count). The summed E-state index contributed by atoms with van der Waals surface area (Å²) in [4.78, 5) is 11.7.